The third kappa shape index (κ3) is 3.92. The number of carbonyl (C=O) groups is 1. The molecule has 2 aromatic heterocycles. The van der Waals surface area contributed by atoms with Gasteiger partial charge in [0.05, 0.1) is 0 Å². The van der Waals surface area contributed by atoms with E-state index in [1.54, 1.807) is 0 Å². The van der Waals surface area contributed by atoms with Crippen LogP contribution in [0.2, 0.25) is 0 Å². The van der Waals surface area contributed by atoms with Crippen LogP contribution in [0, 0.1) is 6.92 Å². The molecule has 2 heterocycles. The topological polar surface area (TPSA) is 104 Å². The number of hydrogen-bond donors (Lipinski definition) is 3. The monoisotopic (exact) mass is 443 g/mol. The molecule has 0 spiro atoms. The number of pyridine rings is 1. The van der Waals surface area contributed by atoms with Gasteiger partial charge < -0.3 is 0 Å². The fourth-order valence-electron chi connectivity index (χ4n) is 2.53. The molecular formula is C16H13AsF3N3O4. The zero-order chi connectivity index (χ0) is 20.0. The summed E-state index contributed by atoms with van der Waals surface area (Å²) in [6.07, 6.45) is -3.77. The van der Waals surface area contributed by atoms with Crippen molar-refractivity contribution in [2.75, 3.05) is 5.32 Å². The number of benzene rings is 1. The van der Waals surface area contributed by atoms with Crippen LogP contribution < -0.4 is 9.67 Å². The maximum absolute atomic E-state index is 12.9. The minimum absolute atomic E-state index is 0.0701. The third-order valence-electron chi connectivity index (χ3n) is 3.80. The maximum atomic E-state index is 12.9. The van der Waals surface area contributed by atoms with Crippen LogP contribution in [0.5, 0.6) is 0 Å². The van der Waals surface area contributed by atoms with Crippen LogP contribution in [0.3, 0.4) is 0 Å². The van der Waals surface area contributed by atoms with Crippen LogP contribution in [0.15, 0.2) is 42.6 Å². The molecule has 0 bridgehead atoms. The number of carbonyl (C=O) groups excluding carboxylic acids is 1. The van der Waals surface area contributed by atoms with E-state index in [4.69, 9.17) is 8.19 Å². The van der Waals surface area contributed by atoms with Crippen molar-refractivity contribution < 1.29 is 29.9 Å². The number of fused-ring (bicyclic) bond motifs is 1. The first kappa shape index (κ1) is 19.2. The Morgan fingerprint density at radius 3 is 2.33 bits per heavy atom. The average Bonchev–Trinajstić information content (AvgIpc) is 2.88. The van der Waals surface area contributed by atoms with Gasteiger partial charge in [-0.1, -0.05) is 0 Å². The number of amides is 1. The summed E-state index contributed by atoms with van der Waals surface area (Å²) >= 11 is -5.04. The summed E-state index contributed by atoms with van der Waals surface area (Å²) in [5.41, 5.74) is -0.338. The molecular weight excluding hydrogens is 430 g/mol. The number of halogens is 3. The number of alkyl halides is 3. The Bertz CT molecular complexity index is 1070. The van der Waals surface area contributed by atoms with Gasteiger partial charge in [0.2, 0.25) is 0 Å². The molecule has 0 radical (unpaired) electrons. The second kappa shape index (κ2) is 6.56. The number of nitrogens with zero attached hydrogens (tertiary/aromatic N) is 2. The van der Waals surface area contributed by atoms with Gasteiger partial charge in [-0.3, -0.25) is 0 Å². The molecule has 7 nitrogen and oxygen atoms in total. The van der Waals surface area contributed by atoms with Gasteiger partial charge in [0.15, 0.2) is 0 Å². The van der Waals surface area contributed by atoms with E-state index in [-0.39, 0.29) is 27.1 Å². The van der Waals surface area contributed by atoms with E-state index in [1.807, 2.05) is 0 Å². The first-order valence-corrected chi connectivity index (χ1v) is 10.9. The Morgan fingerprint density at radius 2 is 1.78 bits per heavy atom. The van der Waals surface area contributed by atoms with E-state index in [9.17, 15) is 21.7 Å². The zero-order valence-electron chi connectivity index (χ0n) is 13.7. The Kier molecular flexibility index (Phi) is 4.67. The average molecular weight is 443 g/mol. The number of rotatable bonds is 3. The zero-order valence-corrected chi connectivity index (χ0v) is 15.6. The predicted octanol–water partition coefficient (Wildman–Crippen LogP) is 1.47. The summed E-state index contributed by atoms with van der Waals surface area (Å²) < 4.78 is 69.2. The van der Waals surface area contributed by atoms with Crippen molar-refractivity contribution in [1.29, 1.82) is 0 Å². The third-order valence-corrected chi connectivity index (χ3v) is 5.83. The molecule has 27 heavy (non-hydrogen) atoms. The Labute approximate surface area is 153 Å². The normalized spacial score (nSPS) is 12.4. The van der Waals surface area contributed by atoms with Crippen molar-refractivity contribution in [2.45, 2.75) is 13.1 Å². The van der Waals surface area contributed by atoms with Crippen molar-refractivity contribution in [3.8, 4) is 0 Å². The molecule has 0 atom stereocenters. The molecule has 0 aliphatic rings. The van der Waals surface area contributed by atoms with Gasteiger partial charge in [-0.05, 0) is 0 Å². The van der Waals surface area contributed by atoms with Gasteiger partial charge >= 0.3 is 153 Å². The first-order chi connectivity index (χ1) is 12.5. The fraction of sp³-hybridized carbons (Fsp3) is 0.125. The van der Waals surface area contributed by atoms with Gasteiger partial charge in [-0.2, -0.15) is 0 Å². The summed E-state index contributed by atoms with van der Waals surface area (Å²) in [6, 6.07) is 7.01. The molecule has 142 valence electrons. The second-order valence-electron chi connectivity index (χ2n) is 5.73. The van der Waals surface area contributed by atoms with E-state index >= 15 is 0 Å². The molecule has 0 saturated carbocycles. The van der Waals surface area contributed by atoms with Crippen LogP contribution in [0.1, 0.15) is 21.7 Å². The molecule has 1 amide bonds. The summed E-state index contributed by atoms with van der Waals surface area (Å²) in [6.45, 7) is 1.49. The van der Waals surface area contributed by atoms with Gasteiger partial charge in [0.1, 0.15) is 0 Å². The summed E-state index contributed by atoms with van der Waals surface area (Å²) in [7, 11) is 0. The number of aryl methyl sites for hydroxylation is 1. The summed E-state index contributed by atoms with van der Waals surface area (Å²) in [5.74, 6) is -0.700. The van der Waals surface area contributed by atoms with Crippen LogP contribution >= 0.6 is 0 Å². The van der Waals surface area contributed by atoms with Crippen LogP contribution in [0.4, 0.5) is 18.9 Å². The van der Waals surface area contributed by atoms with Gasteiger partial charge in [-0.15, -0.1) is 0 Å². The first-order valence-electron chi connectivity index (χ1n) is 7.50. The van der Waals surface area contributed by atoms with Crippen molar-refractivity contribution in [3.63, 3.8) is 0 Å². The molecule has 0 saturated heterocycles. The summed E-state index contributed by atoms with van der Waals surface area (Å²) in [5, 5.41) is 2.49. The van der Waals surface area contributed by atoms with Crippen LogP contribution in [-0.2, 0) is 9.92 Å². The van der Waals surface area contributed by atoms with E-state index < -0.39 is 31.8 Å². The number of nitrogens with one attached hydrogen (secondary N) is 1. The molecule has 0 aliphatic carbocycles. The molecule has 3 rings (SSSR count). The predicted molar refractivity (Wildman–Crippen MR) is 89.8 cm³/mol. The molecule has 0 aliphatic heterocycles. The molecule has 3 aromatic rings. The van der Waals surface area contributed by atoms with Gasteiger partial charge in [-0.25, -0.2) is 0 Å². The molecule has 0 fully saturated rings. The van der Waals surface area contributed by atoms with E-state index in [0.717, 1.165) is 16.7 Å². The van der Waals surface area contributed by atoms with Gasteiger partial charge in [0, 0.05) is 0 Å². The second-order valence-corrected chi connectivity index (χ2v) is 9.10. The number of aromatic nitrogens is 2. The van der Waals surface area contributed by atoms with Crippen molar-refractivity contribution >= 4 is 35.8 Å². The standard InChI is InChI=1S/C16H13AsF3N3O4/c1-9-14(23-8-10(16(18,19)20)2-7-13(23)21-9)15(24)22-12-5-3-11(4-6-12)17(25,26)27/h2-8H,1H3,(H,22,24)(H2,25,26,27). The fourth-order valence-corrected chi connectivity index (χ4v) is 3.66. The Morgan fingerprint density at radius 1 is 1.15 bits per heavy atom. The number of anilines is 1. The van der Waals surface area contributed by atoms with E-state index in [0.29, 0.717) is 0 Å². The summed E-state index contributed by atoms with van der Waals surface area (Å²) in [4.78, 5) is 16.6. The van der Waals surface area contributed by atoms with Gasteiger partial charge in [0.25, 0.3) is 0 Å². The molecule has 3 N–H and O–H groups in total. The number of imidazole rings is 1. The van der Waals surface area contributed by atoms with Crippen molar-refractivity contribution in [3.05, 3.63) is 59.5 Å². The molecule has 1 aromatic carbocycles. The Balaban J connectivity index is 1.95. The van der Waals surface area contributed by atoms with E-state index in [2.05, 4.69) is 10.3 Å². The van der Waals surface area contributed by atoms with Crippen LogP contribution in [-0.4, -0.2) is 37.7 Å². The minimum atomic E-state index is -5.04. The van der Waals surface area contributed by atoms with Crippen molar-refractivity contribution in [2.24, 2.45) is 0 Å². The van der Waals surface area contributed by atoms with Crippen molar-refractivity contribution in [1.82, 2.24) is 9.38 Å². The SMILES string of the molecule is Cc1nc2ccc(C(F)(F)F)cn2c1C(=O)Nc1ccc([As](=O)(O)O)cc1. The molecule has 0 unspecified atom stereocenters. The Hall–Kier alpha value is -2.55. The van der Waals surface area contributed by atoms with E-state index in [1.165, 1.54) is 37.3 Å². The van der Waals surface area contributed by atoms with Crippen LogP contribution in [0.25, 0.3) is 5.65 Å². The molecule has 11 heteroatoms. The quantitative estimate of drug-likeness (QED) is 0.533. The number of hydrogen-bond acceptors (Lipinski definition) is 3.